The number of allylic oxidation sites excluding steroid dienone is 1. The molecule has 1 saturated carbocycles. The van der Waals surface area contributed by atoms with Crippen LogP contribution in [0.2, 0.25) is 0 Å². The van der Waals surface area contributed by atoms with Crippen LogP contribution in [0.1, 0.15) is 42.6 Å². The molecule has 2 aliphatic rings. The molecular formula is C22H22N2O5. The van der Waals surface area contributed by atoms with Crippen LogP contribution in [-0.2, 0) is 15.1 Å². The number of rotatable bonds is 4. The summed E-state index contributed by atoms with van der Waals surface area (Å²) >= 11 is 0. The smallest absolute Gasteiger partial charge is 0.322 e. The molecule has 3 N–H and O–H groups in total. The highest BCUT2D eigenvalue weighted by Gasteiger charge is 2.48. The Hall–Kier alpha value is -3.35. The number of aliphatic hydroxyl groups excluding tert-OH is 1. The van der Waals surface area contributed by atoms with Crippen LogP contribution >= 0.6 is 0 Å². The lowest BCUT2D eigenvalue weighted by molar-refractivity contribution is -0.137. The first-order chi connectivity index (χ1) is 13.9. The second kappa shape index (κ2) is 7.24. The van der Waals surface area contributed by atoms with E-state index in [0.29, 0.717) is 18.5 Å². The fourth-order valence-corrected chi connectivity index (χ4v) is 4.43. The molecule has 1 aliphatic heterocycles. The summed E-state index contributed by atoms with van der Waals surface area (Å²) in [6, 6.07) is 11.3. The minimum absolute atomic E-state index is 0.257. The van der Waals surface area contributed by atoms with E-state index < -0.39 is 29.7 Å². The number of aliphatic carboxylic acids is 1. The number of carboxylic acids is 1. The zero-order valence-electron chi connectivity index (χ0n) is 15.9. The second-order valence-corrected chi connectivity index (χ2v) is 7.57. The Bertz CT molecular complexity index is 1010. The van der Waals surface area contributed by atoms with Crippen LogP contribution in [0.4, 0.5) is 0 Å². The fourth-order valence-electron chi connectivity index (χ4n) is 4.43. The minimum atomic E-state index is -1.22. The maximum atomic E-state index is 13.1. The molecule has 2 heterocycles. The lowest BCUT2D eigenvalue weighted by atomic mass is 9.75. The maximum Gasteiger partial charge on any atom is 0.322 e. The van der Waals surface area contributed by atoms with Gasteiger partial charge in [0.2, 0.25) is 5.78 Å². The number of hydrogen-bond donors (Lipinski definition) is 3. The first-order valence-corrected chi connectivity index (χ1v) is 9.71. The second-order valence-electron chi connectivity index (χ2n) is 7.57. The van der Waals surface area contributed by atoms with Gasteiger partial charge in [-0.25, -0.2) is 0 Å². The van der Waals surface area contributed by atoms with E-state index in [1.165, 1.54) is 0 Å². The van der Waals surface area contributed by atoms with Crippen molar-refractivity contribution in [2.75, 3.05) is 6.54 Å². The molecule has 0 bridgehead atoms. The molecule has 7 nitrogen and oxygen atoms in total. The van der Waals surface area contributed by atoms with Crippen molar-refractivity contribution in [3.63, 3.8) is 0 Å². The zero-order valence-corrected chi connectivity index (χ0v) is 15.9. The van der Waals surface area contributed by atoms with Gasteiger partial charge in [-0.1, -0.05) is 49.6 Å². The molecule has 0 atom stereocenters. The summed E-state index contributed by atoms with van der Waals surface area (Å²) in [6.07, 6.45) is 5.83. The highest BCUT2D eigenvalue weighted by molar-refractivity contribution is 6.26. The third-order valence-electron chi connectivity index (χ3n) is 5.83. The predicted molar refractivity (Wildman–Crippen MR) is 106 cm³/mol. The third kappa shape index (κ3) is 3.12. The third-order valence-corrected chi connectivity index (χ3v) is 5.83. The SMILES string of the molecule is O=C(O)CNC(=O)C1=C(O)C2(CCCCC2)n2cc(-c3ccccc3)cc2C1=O. The number of amides is 1. The van der Waals surface area contributed by atoms with Gasteiger partial charge in [0.1, 0.15) is 23.4 Å². The van der Waals surface area contributed by atoms with Gasteiger partial charge in [-0.05, 0) is 24.5 Å². The predicted octanol–water partition coefficient (Wildman–Crippen LogP) is 3.02. The zero-order chi connectivity index (χ0) is 20.6. The maximum absolute atomic E-state index is 13.1. The van der Waals surface area contributed by atoms with E-state index in [0.717, 1.165) is 30.4 Å². The molecule has 1 spiro atoms. The van der Waals surface area contributed by atoms with Crippen molar-refractivity contribution in [1.29, 1.82) is 0 Å². The van der Waals surface area contributed by atoms with E-state index in [1.54, 1.807) is 6.07 Å². The average Bonchev–Trinajstić information content (AvgIpc) is 3.19. The van der Waals surface area contributed by atoms with Crippen molar-refractivity contribution in [3.8, 4) is 11.1 Å². The van der Waals surface area contributed by atoms with Gasteiger partial charge >= 0.3 is 5.97 Å². The van der Waals surface area contributed by atoms with Gasteiger partial charge in [-0.2, -0.15) is 0 Å². The highest BCUT2D eigenvalue weighted by Crippen LogP contribution is 2.46. The van der Waals surface area contributed by atoms with Gasteiger partial charge in [0, 0.05) is 11.8 Å². The van der Waals surface area contributed by atoms with E-state index in [1.807, 2.05) is 41.1 Å². The molecule has 4 rings (SSSR count). The molecule has 1 aromatic heterocycles. The Kier molecular flexibility index (Phi) is 4.74. The lowest BCUT2D eigenvalue weighted by Gasteiger charge is -2.42. The van der Waals surface area contributed by atoms with Crippen molar-refractivity contribution in [3.05, 3.63) is 59.6 Å². The normalized spacial score (nSPS) is 17.9. The Morgan fingerprint density at radius 3 is 2.41 bits per heavy atom. The number of aliphatic hydroxyl groups is 1. The average molecular weight is 394 g/mol. The summed E-state index contributed by atoms with van der Waals surface area (Å²) < 4.78 is 1.82. The van der Waals surface area contributed by atoms with Crippen LogP contribution < -0.4 is 5.32 Å². The molecule has 1 amide bonds. The largest absolute Gasteiger partial charge is 0.509 e. The Morgan fingerprint density at radius 1 is 1.07 bits per heavy atom. The van der Waals surface area contributed by atoms with E-state index in [2.05, 4.69) is 5.32 Å². The Morgan fingerprint density at radius 2 is 1.76 bits per heavy atom. The Labute approximate surface area is 167 Å². The van der Waals surface area contributed by atoms with Crippen molar-refractivity contribution in [1.82, 2.24) is 9.88 Å². The van der Waals surface area contributed by atoms with Crippen LogP contribution in [0.3, 0.4) is 0 Å². The van der Waals surface area contributed by atoms with Crippen LogP contribution in [0.25, 0.3) is 11.1 Å². The molecule has 0 radical (unpaired) electrons. The molecule has 1 fully saturated rings. The van der Waals surface area contributed by atoms with Gasteiger partial charge in [0.15, 0.2) is 0 Å². The number of fused-ring (bicyclic) bond motifs is 2. The molecule has 0 unspecified atom stereocenters. The number of Topliss-reactive ketones (excluding diaryl/α,β-unsaturated/α-hetero) is 1. The van der Waals surface area contributed by atoms with E-state index in [9.17, 15) is 19.5 Å². The molecule has 0 saturated heterocycles. The fraction of sp³-hybridized carbons (Fsp3) is 0.318. The van der Waals surface area contributed by atoms with Crippen LogP contribution in [0.5, 0.6) is 0 Å². The van der Waals surface area contributed by atoms with E-state index in [4.69, 9.17) is 5.11 Å². The van der Waals surface area contributed by atoms with Crippen molar-refractivity contribution in [2.24, 2.45) is 0 Å². The molecule has 7 heteroatoms. The number of benzene rings is 1. The number of nitrogens with one attached hydrogen (secondary N) is 1. The molecule has 29 heavy (non-hydrogen) atoms. The quantitative estimate of drug-likeness (QED) is 0.691. The van der Waals surface area contributed by atoms with Gasteiger partial charge in [-0.3, -0.25) is 14.4 Å². The highest BCUT2D eigenvalue weighted by atomic mass is 16.4. The monoisotopic (exact) mass is 394 g/mol. The van der Waals surface area contributed by atoms with Crippen LogP contribution in [0.15, 0.2) is 53.9 Å². The number of ketones is 1. The molecule has 2 aromatic rings. The number of carboxylic acid groups (broad SMARTS) is 1. The van der Waals surface area contributed by atoms with Crippen molar-refractivity contribution < 1.29 is 24.6 Å². The summed E-state index contributed by atoms with van der Waals surface area (Å²) in [5.41, 5.74) is 0.899. The minimum Gasteiger partial charge on any atom is -0.509 e. The van der Waals surface area contributed by atoms with Crippen LogP contribution in [0, 0.1) is 0 Å². The molecule has 1 aliphatic carbocycles. The topological polar surface area (TPSA) is 109 Å². The molecule has 1 aromatic carbocycles. The summed E-state index contributed by atoms with van der Waals surface area (Å²) in [6.45, 7) is -0.619. The Balaban J connectivity index is 1.84. The van der Waals surface area contributed by atoms with Gasteiger partial charge in [-0.15, -0.1) is 0 Å². The van der Waals surface area contributed by atoms with Crippen molar-refractivity contribution >= 4 is 17.7 Å². The number of carbonyl (C=O) groups is 3. The standard InChI is InChI=1S/C22H22N2O5/c25-17(26)12-23-21(29)18-19(27)16-11-15(14-7-3-1-4-8-14)13-24(16)22(20(18)28)9-5-2-6-10-22/h1,3-4,7-8,11,13,28H,2,5-6,9-10,12H2,(H,23,29)(H,25,26). The van der Waals surface area contributed by atoms with Crippen LogP contribution in [-0.4, -0.2) is 39.0 Å². The van der Waals surface area contributed by atoms with Gasteiger partial charge in [0.05, 0.1) is 5.69 Å². The van der Waals surface area contributed by atoms with Gasteiger partial charge in [0.25, 0.3) is 5.91 Å². The number of aromatic nitrogens is 1. The van der Waals surface area contributed by atoms with Gasteiger partial charge < -0.3 is 20.1 Å². The summed E-state index contributed by atoms with van der Waals surface area (Å²) in [5.74, 6) is -2.92. The summed E-state index contributed by atoms with van der Waals surface area (Å²) in [5, 5.41) is 22.2. The molecule has 150 valence electrons. The van der Waals surface area contributed by atoms with E-state index >= 15 is 0 Å². The first-order valence-electron chi connectivity index (χ1n) is 9.71. The first kappa shape index (κ1) is 19.0. The number of hydrogen-bond acceptors (Lipinski definition) is 4. The lowest BCUT2D eigenvalue weighted by Crippen LogP contribution is -2.46. The number of carbonyl (C=O) groups excluding carboxylic acids is 2. The summed E-state index contributed by atoms with van der Waals surface area (Å²) in [4.78, 5) is 36.6. The van der Waals surface area contributed by atoms with Crippen molar-refractivity contribution in [2.45, 2.75) is 37.6 Å². The molecular weight excluding hydrogens is 372 g/mol. The summed E-state index contributed by atoms with van der Waals surface area (Å²) in [7, 11) is 0. The number of nitrogens with zero attached hydrogens (tertiary/aromatic N) is 1. The van der Waals surface area contributed by atoms with E-state index in [-0.39, 0.29) is 11.3 Å².